The van der Waals surface area contributed by atoms with Gasteiger partial charge in [-0.1, -0.05) is 12.1 Å². The normalized spacial score (nSPS) is 14.9. The van der Waals surface area contributed by atoms with Crippen molar-refractivity contribution in [3.8, 4) is 5.75 Å². The predicted octanol–water partition coefficient (Wildman–Crippen LogP) is 2.10. The van der Waals surface area contributed by atoms with Crippen LogP contribution in [-0.2, 0) is 11.2 Å². The molecule has 1 aliphatic carbocycles. The van der Waals surface area contributed by atoms with Crippen LogP contribution >= 0.6 is 0 Å². The van der Waals surface area contributed by atoms with E-state index in [9.17, 15) is 4.79 Å². The lowest BCUT2D eigenvalue weighted by atomic mass is 10.1. The molecule has 0 bridgehead atoms. The third-order valence-corrected chi connectivity index (χ3v) is 2.46. The lowest BCUT2D eigenvalue weighted by Crippen LogP contribution is -2.01. The zero-order valence-electron chi connectivity index (χ0n) is 8.48. The molecule has 0 unspecified atom stereocenters. The van der Waals surface area contributed by atoms with Crippen molar-refractivity contribution in [2.45, 2.75) is 19.3 Å². The lowest BCUT2D eigenvalue weighted by molar-refractivity contribution is -0.136. The molecule has 0 aliphatic heterocycles. The summed E-state index contributed by atoms with van der Waals surface area (Å²) in [6.45, 7) is 0.790. The average Bonchev–Trinajstić information content (AvgIpc) is 2.99. The van der Waals surface area contributed by atoms with Crippen LogP contribution in [0.1, 0.15) is 18.4 Å². The van der Waals surface area contributed by atoms with E-state index in [0.717, 1.165) is 23.8 Å². The highest BCUT2D eigenvalue weighted by molar-refractivity contribution is 5.70. The molecule has 15 heavy (non-hydrogen) atoms. The van der Waals surface area contributed by atoms with Crippen LogP contribution in [0, 0.1) is 5.92 Å². The van der Waals surface area contributed by atoms with E-state index in [2.05, 4.69) is 0 Å². The van der Waals surface area contributed by atoms with Gasteiger partial charge in [0, 0.05) is 0 Å². The topological polar surface area (TPSA) is 46.5 Å². The molecule has 3 heteroatoms. The van der Waals surface area contributed by atoms with Gasteiger partial charge in [-0.15, -0.1) is 0 Å². The van der Waals surface area contributed by atoms with Crippen LogP contribution in [0.4, 0.5) is 0 Å². The molecular weight excluding hydrogens is 192 g/mol. The third-order valence-electron chi connectivity index (χ3n) is 2.46. The van der Waals surface area contributed by atoms with Gasteiger partial charge in [-0.3, -0.25) is 4.79 Å². The highest BCUT2D eigenvalue weighted by atomic mass is 16.5. The second-order valence-corrected chi connectivity index (χ2v) is 3.97. The van der Waals surface area contributed by atoms with Gasteiger partial charge in [0.25, 0.3) is 0 Å². The van der Waals surface area contributed by atoms with Gasteiger partial charge in [0.15, 0.2) is 0 Å². The second-order valence-electron chi connectivity index (χ2n) is 3.97. The summed E-state index contributed by atoms with van der Waals surface area (Å²) in [7, 11) is 0. The molecule has 80 valence electrons. The molecule has 0 radical (unpaired) electrons. The first kappa shape index (κ1) is 10.0. The molecule has 1 aromatic rings. The number of benzene rings is 1. The van der Waals surface area contributed by atoms with E-state index in [0.29, 0.717) is 0 Å². The van der Waals surface area contributed by atoms with E-state index in [1.807, 2.05) is 12.1 Å². The van der Waals surface area contributed by atoms with Crippen molar-refractivity contribution in [2.75, 3.05) is 6.61 Å². The van der Waals surface area contributed by atoms with Crippen LogP contribution in [0.25, 0.3) is 0 Å². The van der Waals surface area contributed by atoms with Crippen molar-refractivity contribution >= 4 is 5.97 Å². The maximum atomic E-state index is 10.4. The van der Waals surface area contributed by atoms with Gasteiger partial charge in [0.2, 0.25) is 0 Å². The minimum Gasteiger partial charge on any atom is -0.493 e. The molecule has 1 N–H and O–H groups in total. The SMILES string of the molecule is O=C(O)Cc1ccc(OCC2CC2)cc1. The quantitative estimate of drug-likeness (QED) is 0.802. The highest BCUT2D eigenvalue weighted by Crippen LogP contribution is 2.29. The fourth-order valence-corrected chi connectivity index (χ4v) is 1.38. The number of rotatable bonds is 5. The Bertz CT molecular complexity index is 338. The zero-order chi connectivity index (χ0) is 10.7. The molecule has 0 saturated heterocycles. The summed E-state index contributed by atoms with van der Waals surface area (Å²) in [6, 6.07) is 7.27. The Morgan fingerprint density at radius 3 is 2.53 bits per heavy atom. The Hall–Kier alpha value is -1.51. The number of aliphatic carboxylic acids is 1. The maximum absolute atomic E-state index is 10.4. The Morgan fingerprint density at radius 1 is 1.33 bits per heavy atom. The van der Waals surface area contributed by atoms with Crippen molar-refractivity contribution < 1.29 is 14.6 Å². The Kier molecular flexibility index (Phi) is 2.90. The van der Waals surface area contributed by atoms with Gasteiger partial charge in [0.05, 0.1) is 13.0 Å². The molecular formula is C12H14O3. The molecule has 1 aromatic carbocycles. The Morgan fingerprint density at radius 2 is 2.00 bits per heavy atom. The Labute approximate surface area is 88.7 Å². The fraction of sp³-hybridized carbons (Fsp3) is 0.417. The van der Waals surface area contributed by atoms with Crippen molar-refractivity contribution in [1.29, 1.82) is 0 Å². The fourth-order valence-electron chi connectivity index (χ4n) is 1.38. The van der Waals surface area contributed by atoms with E-state index in [1.165, 1.54) is 12.8 Å². The number of carboxylic acids is 1. The molecule has 0 aromatic heterocycles. The van der Waals surface area contributed by atoms with Gasteiger partial charge in [0.1, 0.15) is 5.75 Å². The number of carboxylic acid groups (broad SMARTS) is 1. The lowest BCUT2D eigenvalue weighted by Gasteiger charge is -2.05. The molecule has 1 fully saturated rings. The van der Waals surface area contributed by atoms with Crippen molar-refractivity contribution in [2.24, 2.45) is 5.92 Å². The van der Waals surface area contributed by atoms with Crippen LogP contribution in [0.15, 0.2) is 24.3 Å². The van der Waals surface area contributed by atoms with Crippen molar-refractivity contribution in [3.05, 3.63) is 29.8 Å². The van der Waals surface area contributed by atoms with E-state index >= 15 is 0 Å². The molecule has 0 spiro atoms. The summed E-state index contributed by atoms with van der Waals surface area (Å²) in [5, 5.41) is 8.59. The number of ether oxygens (including phenoxy) is 1. The molecule has 1 saturated carbocycles. The summed E-state index contributed by atoms with van der Waals surface area (Å²) in [5.74, 6) is 0.765. The van der Waals surface area contributed by atoms with Gasteiger partial charge in [-0.2, -0.15) is 0 Å². The molecule has 2 rings (SSSR count). The van der Waals surface area contributed by atoms with E-state index in [4.69, 9.17) is 9.84 Å². The first-order valence-electron chi connectivity index (χ1n) is 5.17. The smallest absolute Gasteiger partial charge is 0.307 e. The summed E-state index contributed by atoms with van der Waals surface area (Å²) < 4.78 is 5.54. The number of carbonyl (C=O) groups is 1. The van der Waals surface area contributed by atoms with Crippen LogP contribution < -0.4 is 4.74 Å². The van der Waals surface area contributed by atoms with Gasteiger partial charge in [-0.05, 0) is 36.5 Å². The largest absolute Gasteiger partial charge is 0.493 e. The predicted molar refractivity (Wildman–Crippen MR) is 56.0 cm³/mol. The van der Waals surface area contributed by atoms with Gasteiger partial charge < -0.3 is 9.84 Å². The second kappa shape index (κ2) is 4.34. The van der Waals surface area contributed by atoms with Gasteiger partial charge >= 0.3 is 5.97 Å². The molecule has 1 aliphatic rings. The maximum Gasteiger partial charge on any atom is 0.307 e. The van der Waals surface area contributed by atoms with Crippen molar-refractivity contribution in [3.63, 3.8) is 0 Å². The highest BCUT2D eigenvalue weighted by Gasteiger charge is 2.21. The first-order valence-corrected chi connectivity index (χ1v) is 5.17. The Balaban J connectivity index is 1.87. The van der Waals surface area contributed by atoms with Crippen LogP contribution in [0.2, 0.25) is 0 Å². The summed E-state index contributed by atoms with van der Waals surface area (Å²) in [5.41, 5.74) is 0.807. The van der Waals surface area contributed by atoms with E-state index < -0.39 is 5.97 Å². The van der Waals surface area contributed by atoms with Crippen LogP contribution in [0.5, 0.6) is 5.75 Å². The van der Waals surface area contributed by atoms with Crippen molar-refractivity contribution in [1.82, 2.24) is 0 Å². The monoisotopic (exact) mass is 206 g/mol. The summed E-state index contributed by atoms with van der Waals surface area (Å²) in [6.07, 6.45) is 2.62. The average molecular weight is 206 g/mol. The van der Waals surface area contributed by atoms with E-state index in [1.54, 1.807) is 12.1 Å². The number of hydrogen-bond donors (Lipinski definition) is 1. The zero-order valence-corrected chi connectivity index (χ0v) is 8.48. The van der Waals surface area contributed by atoms with Gasteiger partial charge in [-0.25, -0.2) is 0 Å². The van der Waals surface area contributed by atoms with Crippen LogP contribution in [0.3, 0.4) is 0 Å². The number of hydrogen-bond acceptors (Lipinski definition) is 2. The minimum absolute atomic E-state index is 0.0723. The summed E-state index contributed by atoms with van der Waals surface area (Å²) >= 11 is 0. The van der Waals surface area contributed by atoms with Crippen LogP contribution in [-0.4, -0.2) is 17.7 Å². The van der Waals surface area contributed by atoms with E-state index in [-0.39, 0.29) is 6.42 Å². The molecule has 0 heterocycles. The molecule has 0 atom stereocenters. The standard InChI is InChI=1S/C12H14O3/c13-12(14)7-9-3-5-11(6-4-9)15-8-10-1-2-10/h3-6,10H,1-2,7-8H2,(H,13,14). The summed E-state index contributed by atoms with van der Waals surface area (Å²) in [4.78, 5) is 10.4. The first-order chi connectivity index (χ1) is 7.24. The molecule has 0 amide bonds. The minimum atomic E-state index is -0.804. The molecule has 3 nitrogen and oxygen atoms in total. The third kappa shape index (κ3) is 3.27.